The van der Waals surface area contributed by atoms with Gasteiger partial charge in [-0.2, -0.15) is 0 Å². The van der Waals surface area contributed by atoms with E-state index in [0.29, 0.717) is 6.42 Å². The zero-order valence-corrected chi connectivity index (χ0v) is 12.5. The molecule has 1 aromatic rings. The molecule has 0 spiro atoms. The number of aldehydes is 1. The highest BCUT2D eigenvalue weighted by Crippen LogP contribution is 2.35. The lowest BCUT2D eigenvalue weighted by molar-refractivity contribution is -0.104. The molecule has 0 bridgehead atoms. The Morgan fingerprint density at radius 2 is 2.06 bits per heavy atom. The lowest BCUT2D eigenvalue weighted by atomic mass is 10.0. The maximum Gasteiger partial charge on any atom is 0.242 e. The van der Waals surface area contributed by atoms with E-state index in [1.54, 1.807) is 0 Å². The van der Waals surface area contributed by atoms with Crippen LogP contribution in [0.25, 0.3) is 5.76 Å². The summed E-state index contributed by atoms with van der Waals surface area (Å²) in [6.45, 7) is 8.56. The van der Waals surface area contributed by atoms with Crippen LogP contribution in [0, 0.1) is 0 Å². The summed E-state index contributed by atoms with van der Waals surface area (Å²) in [7, 11) is -1.69. The van der Waals surface area contributed by atoms with Crippen LogP contribution in [0.2, 0.25) is 19.6 Å². The highest BCUT2D eigenvalue weighted by Gasteiger charge is 2.27. The van der Waals surface area contributed by atoms with Gasteiger partial charge in [0.25, 0.3) is 0 Å². The highest BCUT2D eigenvalue weighted by molar-refractivity contribution is 6.70. The van der Waals surface area contributed by atoms with Crippen LogP contribution >= 0.6 is 0 Å². The molecule has 0 aromatic heterocycles. The first-order valence-electron chi connectivity index (χ1n) is 6.44. The van der Waals surface area contributed by atoms with Crippen LogP contribution < -0.4 is 0 Å². The van der Waals surface area contributed by atoms with Crippen molar-refractivity contribution in [1.29, 1.82) is 0 Å². The third-order valence-corrected chi connectivity index (χ3v) is 3.86. The zero-order valence-electron chi connectivity index (χ0n) is 11.5. The minimum Gasteiger partial charge on any atom is -0.544 e. The Labute approximate surface area is 110 Å². The second-order valence-electron chi connectivity index (χ2n) is 5.71. The van der Waals surface area contributed by atoms with Gasteiger partial charge in [-0.3, -0.25) is 4.79 Å². The minimum atomic E-state index is -1.69. The average Bonchev–Trinajstić information content (AvgIpc) is 2.64. The summed E-state index contributed by atoms with van der Waals surface area (Å²) < 4.78 is 6.09. The third kappa shape index (κ3) is 2.56. The van der Waals surface area contributed by atoms with E-state index in [4.69, 9.17) is 4.43 Å². The number of hydrogen-bond donors (Lipinski definition) is 0. The van der Waals surface area contributed by atoms with Crippen molar-refractivity contribution in [3.8, 4) is 0 Å². The third-order valence-electron chi connectivity index (χ3n) is 3.05. The molecule has 0 heterocycles. The number of aryl methyl sites for hydroxylation is 1. The Morgan fingerprint density at radius 3 is 2.61 bits per heavy atom. The molecule has 0 radical (unpaired) electrons. The highest BCUT2D eigenvalue weighted by atomic mass is 28.4. The number of rotatable bonds is 4. The molecular weight excluding hydrogens is 240 g/mol. The van der Waals surface area contributed by atoms with Crippen molar-refractivity contribution in [2.75, 3.05) is 0 Å². The molecule has 0 saturated carbocycles. The van der Waals surface area contributed by atoms with E-state index < -0.39 is 8.32 Å². The number of benzene rings is 1. The van der Waals surface area contributed by atoms with Crippen LogP contribution in [0.3, 0.4) is 0 Å². The second kappa shape index (κ2) is 4.73. The quantitative estimate of drug-likeness (QED) is 0.611. The maximum absolute atomic E-state index is 11.2. The molecule has 2 nitrogen and oxygen atoms in total. The molecule has 1 aliphatic carbocycles. The van der Waals surface area contributed by atoms with Crippen molar-refractivity contribution in [3.05, 3.63) is 40.5 Å². The summed E-state index contributed by atoms with van der Waals surface area (Å²) in [6.07, 6.45) is 2.68. The van der Waals surface area contributed by atoms with Crippen molar-refractivity contribution in [2.45, 2.75) is 39.4 Å². The summed E-state index contributed by atoms with van der Waals surface area (Å²) in [5, 5.41) is 0. The SMILES string of the molecule is CCc1ccc2c(c1)CC(C=O)=C2O[Si](C)(C)C. The van der Waals surface area contributed by atoms with Gasteiger partial charge in [-0.05, 0) is 37.2 Å². The average molecular weight is 260 g/mol. The molecule has 0 amide bonds. The molecule has 1 aromatic carbocycles. The standard InChI is InChI=1S/C15H20O2Si/c1-5-11-6-7-14-12(8-11)9-13(10-16)15(14)17-18(2,3)4/h6-8,10H,5,9H2,1-4H3. The summed E-state index contributed by atoms with van der Waals surface area (Å²) >= 11 is 0. The molecule has 3 heteroatoms. The monoisotopic (exact) mass is 260 g/mol. The first kappa shape index (κ1) is 13.1. The molecule has 0 aliphatic heterocycles. The molecule has 0 N–H and O–H groups in total. The summed E-state index contributed by atoms with van der Waals surface area (Å²) in [4.78, 5) is 11.2. The molecule has 1 aliphatic rings. The lowest BCUT2D eigenvalue weighted by Crippen LogP contribution is -2.24. The van der Waals surface area contributed by atoms with Gasteiger partial charge in [0.05, 0.1) is 0 Å². The molecule has 0 saturated heterocycles. The van der Waals surface area contributed by atoms with E-state index in [9.17, 15) is 4.79 Å². The largest absolute Gasteiger partial charge is 0.544 e. The molecule has 0 atom stereocenters. The molecule has 2 rings (SSSR count). The fourth-order valence-electron chi connectivity index (χ4n) is 2.22. The van der Waals surface area contributed by atoms with Gasteiger partial charge in [0.1, 0.15) is 12.0 Å². The van der Waals surface area contributed by atoms with E-state index >= 15 is 0 Å². The van der Waals surface area contributed by atoms with Crippen LogP contribution in [0.4, 0.5) is 0 Å². The second-order valence-corrected chi connectivity index (χ2v) is 10.1. The van der Waals surface area contributed by atoms with E-state index in [1.165, 1.54) is 11.1 Å². The predicted octanol–water partition coefficient (Wildman–Crippen LogP) is 3.57. The van der Waals surface area contributed by atoms with Gasteiger partial charge < -0.3 is 4.43 Å². The van der Waals surface area contributed by atoms with Gasteiger partial charge in [-0.25, -0.2) is 0 Å². The number of allylic oxidation sites excluding steroid dienone is 1. The topological polar surface area (TPSA) is 26.3 Å². The van der Waals surface area contributed by atoms with Crippen LogP contribution in [0.1, 0.15) is 23.6 Å². The normalized spacial score (nSPS) is 14.7. The Hall–Kier alpha value is -1.35. The fourth-order valence-corrected chi connectivity index (χ4v) is 3.07. The van der Waals surface area contributed by atoms with Crippen molar-refractivity contribution >= 4 is 20.4 Å². The number of hydrogen-bond acceptors (Lipinski definition) is 2. The molecule has 96 valence electrons. The predicted molar refractivity (Wildman–Crippen MR) is 76.9 cm³/mol. The van der Waals surface area contributed by atoms with Gasteiger partial charge in [0.15, 0.2) is 0 Å². The van der Waals surface area contributed by atoms with Gasteiger partial charge in [-0.15, -0.1) is 0 Å². The first-order valence-corrected chi connectivity index (χ1v) is 9.85. The Morgan fingerprint density at radius 1 is 1.33 bits per heavy atom. The Balaban J connectivity index is 2.42. The Kier molecular flexibility index (Phi) is 3.44. The smallest absolute Gasteiger partial charge is 0.242 e. The van der Waals surface area contributed by atoms with Gasteiger partial charge >= 0.3 is 0 Å². The first-order chi connectivity index (χ1) is 8.44. The van der Waals surface area contributed by atoms with Crippen molar-refractivity contribution in [3.63, 3.8) is 0 Å². The maximum atomic E-state index is 11.2. The van der Waals surface area contributed by atoms with E-state index in [-0.39, 0.29) is 0 Å². The number of fused-ring (bicyclic) bond motifs is 1. The van der Waals surface area contributed by atoms with E-state index in [2.05, 4.69) is 44.8 Å². The minimum absolute atomic E-state index is 0.715. The molecule has 0 unspecified atom stereocenters. The summed E-state index contributed by atoms with van der Waals surface area (Å²) in [6, 6.07) is 6.42. The Bertz CT molecular complexity index is 510. The van der Waals surface area contributed by atoms with Gasteiger partial charge in [-0.1, -0.05) is 25.1 Å². The van der Waals surface area contributed by atoms with Crippen molar-refractivity contribution in [2.24, 2.45) is 0 Å². The molecular formula is C15H20O2Si. The molecule has 18 heavy (non-hydrogen) atoms. The fraction of sp³-hybridized carbons (Fsp3) is 0.400. The van der Waals surface area contributed by atoms with E-state index in [0.717, 1.165) is 29.6 Å². The summed E-state index contributed by atoms with van der Waals surface area (Å²) in [5.74, 6) is 0.821. The zero-order chi connectivity index (χ0) is 13.3. The lowest BCUT2D eigenvalue weighted by Gasteiger charge is -2.21. The van der Waals surface area contributed by atoms with Crippen molar-refractivity contribution < 1.29 is 9.22 Å². The molecule has 0 fully saturated rings. The van der Waals surface area contributed by atoms with Gasteiger partial charge in [0, 0.05) is 17.6 Å². The number of carbonyl (C=O) groups excluding carboxylic acids is 1. The van der Waals surface area contributed by atoms with Crippen LogP contribution in [0.15, 0.2) is 23.8 Å². The van der Waals surface area contributed by atoms with Gasteiger partial charge in [0.2, 0.25) is 8.32 Å². The van der Waals surface area contributed by atoms with Crippen LogP contribution in [-0.2, 0) is 22.1 Å². The number of carbonyl (C=O) groups is 1. The summed E-state index contributed by atoms with van der Waals surface area (Å²) in [5.41, 5.74) is 4.44. The van der Waals surface area contributed by atoms with E-state index in [1.807, 2.05) is 0 Å². The van der Waals surface area contributed by atoms with Crippen LogP contribution in [-0.4, -0.2) is 14.6 Å². The van der Waals surface area contributed by atoms with Crippen LogP contribution in [0.5, 0.6) is 0 Å². The van der Waals surface area contributed by atoms with Crippen molar-refractivity contribution in [1.82, 2.24) is 0 Å².